The van der Waals surface area contributed by atoms with Gasteiger partial charge in [0.2, 0.25) is 0 Å². The number of hydrogen-bond donors (Lipinski definition) is 0. The topological polar surface area (TPSA) is 54.0 Å². The molecule has 8 heteroatoms. The molecule has 0 unspecified atom stereocenters. The van der Waals surface area contributed by atoms with Crippen molar-refractivity contribution < 1.29 is 23.4 Å². The molecule has 0 aliphatic carbocycles. The summed E-state index contributed by atoms with van der Waals surface area (Å²) in [5.41, 5.74) is 1.91. The van der Waals surface area contributed by atoms with Crippen molar-refractivity contribution in [2.45, 2.75) is 51.9 Å². The van der Waals surface area contributed by atoms with Gasteiger partial charge in [-0.15, -0.1) is 0 Å². The number of methoxy groups -OCH3 is 2. The average molecular weight is 600 g/mol. The summed E-state index contributed by atoms with van der Waals surface area (Å²) in [6.45, 7) is 11.0. The molecule has 0 N–H and O–H groups in total. The molecule has 2 aromatic carbocycles. The lowest BCUT2D eigenvalue weighted by Gasteiger charge is -2.36. The fourth-order valence-electron chi connectivity index (χ4n) is 2.76. The van der Waals surface area contributed by atoms with Gasteiger partial charge in [-0.2, -0.15) is 0 Å². The van der Waals surface area contributed by atoms with Crippen LogP contribution >= 0.6 is 31.9 Å². The minimum atomic E-state index is -2.23. The predicted molar refractivity (Wildman–Crippen MR) is 141 cm³/mol. The van der Waals surface area contributed by atoms with Crippen molar-refractivity contribution >= 4 is 46.1 Å². The zero-order valence-electron chi connectivity index (χ0n) is 20.3. The van der Waals surface area contributed by atoms with Gasteiger partial charge in [0.05, 0.1) is 18.7 Å². The third kappa shape index (κ3) is 7.10. The Morgan fingerprint density at radius 1 is 1.06 bits per heavy atom. The Balaban J connectivity index is 2.43. The summed E-state index contributed by atoms with van der Waals surface area (Å²) in [7, 11) is 0.733. The van der Waals surface area contributed by atoms with E-state index in [1.54, 1.807) is 13.2 Å². The first-order valence-corrected chi connectivity index (χ1v) is 15.1. The number of ether oxygens (including phenoxy) is 3. The number of benzene rings is 2. The molecular formula is C25H32Br2O5Si. The number of hydrogen-bond acceptors (Lipinski definition) is 5. The van der Waals surface area contributed by atoms with Crippen molar-refractivity contribution in [3.63, 3.8) is 0 Å². The highest BCUT2D eigenvalue weighted by molar-refractivity contribution is 9.11. The van der Waals surface area contributed by atoms with E-state index in [0.29, 0.717) is 29.0 Å². The second kappa shape index (κ2) is 11.6. The molecule has 0 aromatic heterocycles. The molecule has 0 fully saturated rings. The first kappa shape index (κ1) is 27.5. The zero-order chi connectivity index (χ0) is 24.8. The normalized spacial score (nSPS) is 12.3. The Bertz CT molecular complexity index is 998. The van der Waals surface area contributed by atoms with E-state index in [1.165, 1.54) is 7.11 Å². The van der Waals surface area contributed by atoms with Gasteiger partial charge in [-0.05, 0) is 74.1 Å². The molecule has 33 heavy (non-hydrogen) atoms. The number of halogens is 2. The number of carbonyl (C=O) groups is 1. The van der Waals surface area contributed by atoms with Gasteiger partial charge in [0, 0.05) is 5.56 Å². The molecule has 5 nitrogen and oxygen atoms in total. The molecular weight excluding hydrogens is 568 g/mol. The van der Waals surface area contributed by atoms with Crippen LogP contribution in [0.1, 0.15) is 31.9 Å². The second-order valence-electron chi connectivity index (χ2n) is 9.09. The number of rotatable bonds is 9. The van der Waals surface area contributed by atoms with E-state index in [9.17, 15) is 4.79 Å². The lowest BCUT2D eigenvalue weighted by atomic mass is 10.1. The van der Waals surface area contributed by atoms with Crippen molar-refractivity contribution in [2.24, 2.45) is 0 Å². The number of esters is 1. The lowest BCUT2D eigenvalue weighted by Crippen LogP contribution is -2.41. The summed E-state index contributed by atoms with van der Waals surface area (Å²) in [5.74, 6) is 1.02. The molecule has 0 amide bonds. The van der Waals surface area contributed by atoms with Crippen LogP contribution in [0.5, 0.6) is 11.5 Å². The fraction of sp³-hybridized carbons (Fsp3) is 0.400. The molecule has 0 aliphatic heterocycles. The summed E-state index contributed by atoms with van der Waals surface area (Å²) in [6, 6.07) is 11.9. The van der Waals surface area contributed by atoms with Gasteiger partial charge in [0.25, 0.3) is 8.32 Å². The van der Waals surface area contributed by atoms with Crippen LogP contribution in [-0.4, -0.2) is 28.5 Å². The minimum Gasteiger partial charge on any atom is -0.539 e. The summed E-state index contributed by atoms with van der Waals surface area (Å²) >= 11 is 7.19. The fourth-order valence-corrected chi connectivity index (χ4v) is 5.43. The quantitative estimate of drug-likeness (QED) is 0.130. The monoisotopic (exact) mass is 598 g/mol. The van der Waals surface area contributed by atoms with E-state index >= 15 is 0 Å². The van der Waals surface area contributed by atoms with Crippen molar-refractivity contribution in [1.82, 2.24) is 0 Å². The van der Waals surface area contributed by atoms with Gasteiger partial charge in [0.1, 0.15) is 16.8 Å². The van der Waals surface area contributed by atoms with Crippen LogP contribution in [0.15, 0.2) is 57.2 Å². The lowest BCUT2D eigenvalue weighted by molar-refractivity contribution is -0.138. The van der Waals surface area contributed by atoms with Crippen LogP contribution in [0.25, 0.3) is 0 Å². The standard InChI is InChI=1S/C25H32Br2O5Si/c1-25(2,3)33(6,7)32-20(24(28)30-5)14-13-18-15-19(26)23(29-4)21(27)22(18)31-16-17-11-9-8-10-12-17/h8-12,14-15H,13,16H2,1-7H3/b20-14-. The Hall–Kier alpha value is -1.77. The molecule has 2 aromatic rings. The summed E-state index contributed by atoms with van der Waals surface area (Å²) in [4.78, 5) is 12.5. The number of allylic oxidation sites excluding steroid dienone is 1. The average Bonchev–Trinajstić information content (AvgIpc) is 2.75. The van der Waals surface area contributed by atoms with Crippen LogP contribution in [0.2, 0.25) is 18.1 Å². The van der Waals surface area contributed by atoms with Crippen molar-refractivity contribution in [2.75, 3.05) is 14.2 Å². The Kier molecular flexibility index (Phi) is 9.64. The Morgan fingerprint density at radius 3 is 2.24 bits per heavy atom. The highest BCUT2D eigenvalue weighted by Crippen LogP contribution is 2.44. The smallest absolute Gasteiger partial charge is 0.371 e. The van der Waals surface area contributed by atoms with Gasteiger partial charge < -0.3 is 18.6 Å². The molecule has 0 spiro atoms. The van der Waals surface area contributed by atoms with Gasteiger partial charge in [-0.1, -0.05) is 51.1 Å². The van der Waals surface area contributed by atoms with E-state index in [2.05, 4.69) is 65.7 Å². The minimum absolute atomic E-state index is 0.0593. The van der Waals surface area contributed by atoms with Gasteiger partial charge in [0.15, 0.2) is 11.5 Å². The summed E-state index contributed by atoms with van der Waals surface area (Å²) < 4.78 is 24.5. The van der Waals surface area contributed by atoms with Gasteiger partial charge in [-0.3, -0.25) is 0 Å². The maximum Gasteiger partial charge on any atom is 0.371 e. The zero-order valence-corrected chi connectivity index (χ0v) is 24.4. The maximum atomic E-state index is 12.5. The van der Waals surface area contributed by atoms with Crippen LogP contribution in [-0.2, 0) is 27.0 Å². The molecule has 0 bridgehead atoms. The highest BCUT2D eigenvalue weighted by atomic mass is 79.9. The Labute approximate surface area is 214 Å². The maximum absolute atomic E-state index is 12.5. The molecule has 0 saturated heterocycles. The number of carbonyl (C=O) groups excluding carboxylic acids is 1. The molecule has 180 valence electrons. The van der Waals surface area contributed by atoms with E-state index in [0.717, 1.165) is 15.6 Å². The summed E-state index contributed by atoms with van der Waals surface area (Å²) in [5, 5.41) is -0.0593. The van der Waals surface area contributed by atoms with Crippen LogP contribution in [0, 0.1) is 0 Å². The SMILES string of the molecule is COC(=O)/C(=C/Cc1cc(Br)c(OC)c(Br)c1OCc1ccccc1)O[Si](C)(C)C(C)(C)C. The van der Waals surface area contributed by atoms with Gasteiger partial charge in [-0.25, -0.2) is 4.79 Å². The van der Waals surface area contributed by atoms with E-state index in [4.69, 9.17) is 18.6 Å². The third-order valence-electron chi connectivity index (χ3n) is 5.70. The molecule has 0 atom stereocenters. The van der Waals surface area contributed by atoms with E-state index in [1.807, 2.05) is 36.4 Å². The molecule has 0 aliphatic rings. The van der Waals surface area contributed by atoms with Crippen molar-refractivity contribution in [3.05, 3.63) is 68.3 Å². The second-order valence-corrected chi connectivity index (χ2v) is 15.5. The molecule has 0 radical (unpaired) electrons. The van der Waals surface area contributed by atoms with E-state index in [-0.39, 0.29) is 10.8 Å². The van der Waals surface area contributed by atoms with Crippen LogP contribution < -0.4 is 9.47 Å². The predicted octanol–water partition coefficient (Wildman–Crippen LogP) is 7.42. The third-order valence-corrected chi connectivity index (χ3v) is 11.4. The highest BCUT2D eigenvalue weighted by Gasteiger charge is 2.40. The largest absolute Gasteiger partial charge is 0.539 e. The first-order chi connectivity index (χ1) is 15.4. The van der Waals surface area contributed by atoms with Crippen LogP contribution in [0.3, 0.4) is 0 Å². The summed E-state index contributed by atoms with van der Waals surface area (Å²) in [6.07, 6.45) is 2.17. The van der Waals surface area contributed by atoms with Gasteiger partial charge >= 0.3 is 5.97 Å². The molecule has 0 heterocycles. The van der Waals surface area contributed by atoms with Crippen LogP contribution in [0.4, 0.5) is 0 Å². The van der Waals surface area contributed by atoms with Crippen molar-refractivity contribution in [1.29, 1.82) is 0 Å². The molecule has 2 rings (SSSR count). The Morgan fingerprint density at radius 2 is 1.70 bits per heavy atom. The molecule has 0 saturated carbocycles. The first-order valence-electron chi connectivity index (χ1n) is 10.6. The van der Waals surface area contributed by atoms with E-state index < -0.39 is 14.3 Å². The van der Waals surface area contributed by atoms with Crippen molar-refractivity contribution in [3.8, 4) is 11.5 Å².